The molecule has 1 aromatic rings. The monoisotopic (exact) mass is 320 g/mol. The van der Waals surface area contributed by atoms with E-state index < -0.39 is 11.9 Å². The van der Waals surface area contributed by atoms with Gasteiger partial charge in [-0.3, -0.25) is 4.79 Å². The third-order valence-electron chi connectivity index (χ3n) is 3.82. The first-order chi connectivity index (χ1) is 11.0. The highest BCUT2D eigenvalue weighted by molar-refractivity contribution is 5.92. The molecule has 23 heavy (non-hydrogen) atoms. The van der Waals surface area contributed by atoms with Gasteiger partial charge in [0.1, 0.15) is 5.75 Å². The first-order valence-electron chi connectivity index (χ1n) is 7.78. The molecule has 5 nitrogen and oxygen atoms in total. The molecule has 0 aliphatic carbocycles. The Kier molecular flexibility index (Phi) is 7.88. The minimum Gasteiger partial charge on any atom is -0.497 e. The summed E-state index contributed by atoms with van der Waals surface area (Å²) in [6, 6.07) is 7.17. The first-order valence-corrected chi connectivity index (χ1v) is 7.78. The van der Waals surface area contributed by atoms with Crippen molar-refractivity contribution in [2.45, 2.75) is 39.0 Å². The van der Waals surface area contributed by atoms with Crippen LogP contribution in [0.4, 0.5) is 0 Å². The third kappa shape index (κ3) is 6.55. The van der Waals surface area contributed by atoms with Crippen LogP contribution in [0.5, 0.6) is 5.75 Å². The Hall–Kier alpha value is -2.30. The lowest BCUT2D eigenvalue weighted by molar-refractivity contribution is -0.142. The Morgan fingerprint density at radius 3 is 2.30 bits per heavy atom. The van der Waals surface area contributed by atoms with E-state index >= 15 is 0 Å². The highest BCUT2D eigenvalue weighted by Crippen LogP contribution is 2.19. The molecular weight excluding hydrogens is 296 g/mol. The van der Waals surface area contributed by atoms with Crippen molar-refractivity contribution in [1.29, 1.82) is 0 Å². The van der Waals surface area contributed by atoms with Gasteiger partial charge in [-0.1, -0.05) is 25.5 Å². The molecule has 0 amide bonds. The molecule has 0 aromatic heterocycles. The van der Waals surface area contributed by atoms with Crippen molar-refractivity contribution in [2.24, 2.45) is 5.92 Å². The number of aliphatic carboxylic acids is 2. The summed E-state index contributed by atoms with van der Waals surface area (Å²) in [7, 11) is 1.58. The lowest BCUT2D eigenvalue weighted by Gasteiger charge is -2.09. The molecule has 0 fully saturated rings. The van der Waals surface area contributed by atoms with E-state index in [2.05, 4.69) is 0 Å². The highest BCUT2D eigenvalue weighted by Gasteiger charge is 2.14. The number of methoxy groups -OCH3 is 1. The molecule has 0 heterocycles. The zero-order valence-corrected chi connectivity index (χ0v) is 13.6. The van der Waals surface area contributed by atoms with Crippen molar-refractivity contribution in [2.75, 3.05) is 7.11 Å². The Morgan fingerprint density at radius 2 is 1.83 bits per heavy atom. The van der Waals surface area contributed by atoms with E-state index in [1.807, 2.05) is 6.92 Å². The van der Waals surface area contributed by atoms with Crippen LogP contribution in [-0.4, -0.2) is 29.3 Å². The van der Waals surface area contributed by atoms with Crippen LogP contribution < -0.4 is 4.74 Å². The zero-order valence-electron chi connectivity index (χ0n) is 13.6. The summed E-state index contributed by atoms with van der Waals surface area (Å²) in [5.74, 6) is -1.34. The molecule has 2 N–H and O–H groups in total. The lowest BCUT2D eigenvalue weighted by Crippen LogP contribution is -2.12. The molecule has 1 unspecified atom stereocenters. The van der Waals surface area contributed by atoms with E-state index in [1.165, 1.54) is 0 Å². The molecule has 0 aliphatic heterocycles. The molecule has 0 radical (unpaired) electrons. The van der Waals surface area contributed by atoms with Gasteiger partial charge in [-0.05, 0) is 49.5 Å². The minimum absolute atomic E-state index is 0.332. The van der Waals surface area contributed by atoms with Gasteiger partial charge in [-0.15, -0.1) is 0 Å². The van der Waals surface area contributed by atoms with Gasteiger partial charge in [0.15, 0.2) is 0 Å². The van der Waals surface area contributed by atoms with Crippen LogP contribution in [0.25, 0.3) is 6.08 Å². The van der Waals surface area contributed by atoms with Crippen molar-refractivity contribution in [3.05, 3.63) is 35.4 Å². The second-order valence-corrected chi connectivity index (χ2v) is 5.44. The fourth-order valence-corrected chi connectivity index (χ4v) is 2.35. The number of ether oxygens (including phenoxy) is 1. The summed E-state index contributed by atoms with van der Waals surface area (Å²) in [6.45, 7) is 1.85. The molecule has 1 atom stereocenters. The largest absolute Gasteiger partial charge is 0.497 e. The van der Waals surface area contributed by atoms with Crippen LogP contribution in [-0.2, 0) is 9.59 Å². The fourth-order valence-electron chi connectivity index (χ4n) is 2.35. The average Bonchev–Trinajstić information content (AvgIpc) is 2.53. The summed E-state index contributed by atoms with van der Waals surface area (Å²) in [6.07, 6.45) is 4.63. The average molecular weight is 320 g/mol. The topological polar surface area (TPSA) is 83.8 Å². The van der Waals surface area contributed by atoms with Gasteiger partial charge < -0.3 is 14.9 Å². The molecule has 5 heteroatoms. The number of carbonyl (C=O) groups is 2. The number of rotatable bonds is 10. The molecule has 1 aromatic carbocycles. The molecule has 0 spiro atoms. The normalized spacial score (nSPS) is 12.7. The first kappa shape index (κ1) is 18.7. The van der Waals surface area contributed by atoms with Gasteiger partial charge >= 0.3 is 11.9 Å². The molecule has 126 valence electrons. The fraction of sp³-hybridized carbons (Fsp3) is 0.444. The Morgan fingerprint density at radius 1 is 1.17 bits per heavy atom. The van der Waals surface area contributed by atoms with E-state index in [9.17, 15) is 14.7 Å². The van der Waals surface area contributed by atoms with E-state index in [-0.39, 0.29) is 5.92 Å². The van der Waals surface area contributed by atoms with E-state index in [0.29, 0.717) is 37.7 Å². The van der Waals surface area contributed by atoms with Crippen LogP contribution in [0.3, 0.4) is 0 Å². The van der Waals surface area contributed by atoms with Gasteiger partial charge in [0.05, 0.1) is 13.0 Å². The van der Waals surface area contributed by atoms with Crippen molar-refractivity contribution >= 4 is 18.0 Å². The Balaban J connectivity index is 2.59. The second kappa shape index (κ2) is 9.66. The summed E-state index contributed by atoms with van der Waals surface area (Å²) < 4.78 is 5.07. The van der Waals surface area contributed by atoms with Crippen LogP contribution in [0, 0.1) is 5.92 Å². The Labute approximate surface area is 136 Å². The van der Waals surface area contributed by atoms with Crippen molar-refractivity contribution in [3.63, 3.8) is 0 Å². The molecule has 1 rings (SSSR count). The predicted molar refractivity (Wildman–Crippen MR) is 88.5 cm³/mol. The zero-order chi connectivity index (χ0) is 17.2. The van der Waals surface area contributed by atoms with Crippen molar-refractivity contribution in [3.8, 4) is 5.75 Å². The molecule has 0 aliphatic rings. The van der Waals surface area contributed by atoms with Gasteiger partial charge in [-0.2, -0.15) is 0 Å². The highest BCUT2D eigenvalue weighted by atomic mass is 16.5. The number of hydrogen-bond donors (Lipinski definition) is 2. The van der Waals surface area contributed by atoms with Crippen LogP contribution >= 0.6 is 0 Å². The van der Waals surface area contributed by atoms with E-state index in [1.54, 1.807) is 37.5 Å². The smallest absolute Gasteiger partial charge is 0.331 e. The number of unbranched alkanes of at least 4 members (excludes halogenated alkanes) is 1. The molecule has 0 saturated heterocycles. The number of hydrogen-bond acceptors (Lipinski definition) is 3. The maximum atomic E-state index is 11.3. The van der Waals surface area contributed by atoms with Gasteiger partial charge in [0, 0.05) is 5.57 Å². The maximum absolute atomic E-state index is 11.3. The summed E-state index contributed by atoms with van der Waals surface area (Å²) in [5, 5.41) is 18.3. The van der Waals surface area contributed by atoms with E-state index in [0.717, 1.165) is 11.3 Å². The SMILES string of the molecule is CCC(CCCCC(=Cc1ccc(OC)cc1)C(=O)O)C(=O)O. The predicted octanol–water partition coefficient (Wildman–Crippen LogP) is 3.83. The van der Waals surface area contributed by atoms with Crippen LogP contribution in [0.15, 0.2) is 29.8 Å². The van der Waals surface area contributed by atoms with Crippen molar-refractivity contribution in [1.82, 2.24) is 0 Å². The quantitative estimate of drug-likeness (QED) is 0.505. The summed E-state index contributed by atoms with van der Waals surface area (Å²) in [4.78, 5) is 22.3. The van der Waals surface area contributed by atoms with Crippen LogP contribution in [0.1, 0.15) is 44.6 Å². The standard InChI is InChI=1S/C18H24O5/c1-3-14(17(19)20)6-4-5-7-15(18(21)22)12-13-8-10-16(23-2)11-9-13/h8-12,14H,3-7H2,1-2H3,(H,19,20)(H,21,22). The summed E-state index contributed by atoms with van der Waals surface area (Å²) >= 11 is 0. The van der Waals surface area contributed by atoms with Gasteiger partial charge in [-0.25, -0.2) is 4.79 Å². The Bertz CT molecular complexity index is 545. The molecule has 0 saturated carbocycles. The maximum Gasteiger partial charge on any atom is 0.331 e. The van der Waals surface area contributed by atoms with Gasteiger partial charge in [0.2, 0.25) is 0 Å². The van der Waals surface area contributed by atoms with E-state index in [4.69, 9.17) is 9.84 Å². The second-order valence-electron chi connectivity index (χ2n) is 5.44. The number of carboxylic acids is 2. The summed E-state index contributed by atoms with van der Waals surface area (Å²) in [5.41, 5.74) is 1.14. The molecule has 0 bridgehead atoms. The van der Waals surface area contributed by atoms with Gasteiger partial charge in [0.25, 0.3) is 0 Å². The van der Waals surface area contributed by atoms with Crippen molar-refractivity contribution < 1.29 is 24.5 Å². The van der Waals surface area contributed by atoms with Crippen LogP contribution in [0.2, 0.25) is 0 Å². The lowest BCUT2D eigenvalue weighted by atomic mass is 9.97. The number of carboxylic acid groups (broad SMARTS) is 2. The molecular formula is C18H24O5. The third-order valence-corrected chi connectivity index (χ3v) is 3.82. The number of benzene rings is 1. The minimum atomic E-state index is -0.939.